The summed E-state index contributed by atoms with van der Waals surface area (Å²) in [7, 11) is 0. The van der Waals surface area contributed by atoms with Gasteiger partial charge in [0.15, 0.2) is 0 Å². The van der Waals surface area contributed by atoms with Gasteiger partial charge in [0, 0.05) is 0 Å². The fourth-order valence-corrected chi connectivity index (χ4v) is 1.66. The zero-order valence-electron chi connectivity index (χ0n) is 18.1. The van der Waals surface area contributed by atoms with Gasteiger partial charge in [0.1, 0.15) is 0 Å². The number of allylic oxidation sites excluding steroid dienone is 4. The van der Waals surface area contributed by atoms with E-state index in [1.165, 1.54) is 24.8 Å². The van der Waals surface area contributed by atoms with Crippen molar-refractivity contribution in [1.82, 2.24) is 0 Å². The van der Waals surface area contributed by atoms with Gasteiger partial charge < -0.3 is 16.0 Å². The molecular weight excluding hydrogens is 385 g/mol. The Balaban J connectivity index is -0.000000122. The summed E-state index contributed by atoms with van der Waals surface area (Å²) in [5.41, 5.74) is 1.41. The first-order valence-electron chi connectivity index (χ1n) is 9.83. The molecule has 0 heterocycles. The second-order valence-electron chi connectivity index (χ2n) is 4.98. The van der Waals surface area contributed by atoms with Gasteiger partial charge in [-0.1, -0.05) is 67.7 Å². The van der Waals surface area contributed by atoms with Crippen molar-refractivity contribution in [3.05, 3.63) is 39.8 Å². The standard InChI is InChI=1S/C9H13.3C4H10N.Zr/c1-2-3-6-9-7-4-5-8-9;3*1-3-5-4-2;/h4,7H,2-3,5-6H2,1H3;3*3-4H2,1-2H3;/q4*-1;+4. The summed E-state index contributed by atoms with van der Waals surface area (Å²) in [6, 6.07) is 0. The van der Waals surface area contributed by atoms with Gasteiger partial charge >= 0.3 is 26.2 Å². The van der Waals surface area contributed by atoms with Crippen molar-refractivity contribution in [3.8, 4) is 0 Å². The quantitative estimate of drug-likeness (QED) is 0.353. The van der Waals surface area contributed by atoms with Crippen LogP contribution in [0.1, 0.15) is 74.1 Å². The Bertz CT molecular complexity index is 233. The largest absolute Gasteiger partial charge is 4.00 e. The van der Waals surface area contributed by atoms with Crippen LogP contribution in [0.3, 0.4) is 0 Å². The summed E-state index contributed by atoms with van der Waals surface area (Å²) in [5.74, 6) is 0. The fraction of sp³-hybridized carbons (Fsp3) is 0.810. The van der Waals surface area contributed by atoms with Crippen LogP contribution in [0.15, 0.2) is 17.7 Å². The molecule has 0 spiro atoms. The first-order valence-corrected chi connectivity index (χ1v) is 9.83. The second kappa shape index (κ2) is 35.4. The van der Waals surface area contributed by atoms with Gasteiger partial charge in [0.05, 0.1) is 0 Å². The van der Waals surface area contributed by atoms with E-state index in [0.717, 1.165) is 45.7 Å². The summed E-state index contributed by atoms with van der Waals surface area (Å²) in [5, 5.41) is 11.9. The number of hydrogen-bond donors (Lipinski definition) is 0. The summed E-state index contributed by atoms with van der Waals surface area (Å²) in [6.45, 7) is 20.3. The molecule has 0 aromatic rings. The third-order valence-corrected chi connectivity index (χ3v) is 2.91. The summed E-state index contributed by atoms with van der Waals surface area (Å²) >= 11 is 0. The second-order valence-corrected chi connectivity index (χ2v) is 4.98. The van der Waals surface area contributed by atoms with Crippen molar-refractivity contribution in [1.29, 1.82) is 0 Å². The SMILES string of the molecule is CCCCC1=[C-]CC=C1.CC[N-]CC.CC[N-]CC.CC[N-]CC.[Zr+4]. The van der Waals surface area contributed by atoms with Gasteiger partial charge in [-0.3, -0.25) is 6.08 Å². The molecule has 25 heavy (non-hydrogen) atoms. The van der Waals surface area contributed by atoms with E-state index in [0.29, 0.717) is 0 Å². The molecule has 4 heteroatoms. The molecule has 146 valence electrons. The molecule has 0 aromatic heterocycles. The molecule has 0 amide bonds. The average molecular weight is 429 g/mol. The van der Waals surface area contributed by atoms with Gasteiger partial charge in [-0.25, -0.2) is 11.6 Å². The molecule has 3 nitrogen and oxygen atoms in total. The van der Waals surface area contributed by atoms with Crippen molar-refractivity contribution in [2.24, 2.45) is 0 Å². The molecule has 0 atom stereocenters. The van der Waals surface area contributed by atoms with Crippen LogP contribution in [-0.2, 0) is 26.2 Å². The van der Waals surface area contributed by atoms with Crippen LogP contribution in [-0.4, -0.2) is 39.3 Å². The van der Waals surface area contributed by atoms with Crippen molar-refractivity contribution in [3.63, 3.8) is 0 Å². The topological polar surface area (TPSA) is 42.3 Å². The molecule has 0 saturated heterocycles. The van der Waals surface area contributed by atoms with Gasteiger partial charge in [0.25, 0.3) is 0 Å². The predicted octanol–water partition coefficient (Wildman–Crippen LogP) is 7.06. The predicted molar refractivity (Wildman–Crippen MR) is 113 cm³/mol. The first-order chi connectivity index (χ1) is 11.7. The maximum absolute atomic E-state index is 3.97. The molecule has 1 rings (SSSR count). The molecule has 0 radical (unpaired) electrons. The van der Waals surface area contributed by atoms with E-state index >= 15 is 0 Å². The monoisotopic (exact) mass is 427 g/mol. The smallest absolute Gasteiger partial charge is 0.663 e. The van der Waals surface area contributed by atoms with Crippen molar-refractivity contribution in [2.75, 3.05) is 39.3 Å². The maximum Gasteiger partial charge on any atom is 4.00 e. The molecule has 1 aliphatic rings. The number of nitrogens with zero attached hydrogens (tertiary/aromatic N) is 3. The Kier molecular flexibility index (Phi) is 46.5. The normalized spacial score (nSPS) is 10.9. The average Bonchev–Trinajstić information content (AvgIpc) is 3.10. The Morgan fingerprint density at radius 3 is 1.36 bits per heavy atom. The van der Waals surface area contributed by atoms with E-state index in [-0.39, 0.29) is 26.2 Å². The minimum atomic E-state index is 0. The van der Waals surface area contributed by atoms with Gasteiger partial charge in [-0.2, -0.15) is 45.3 Å². The molecule has 0 bridgehead atoms. The Hall–Kier alpha value is 0.243. The van der Waals surface area contributed by atoms with E-state index in [2.05, 4.69) is 41.1 Å². The van der Waals surface area contributed by atoms with Crippen LogP contribution in [0.2, 0.25) is 0 Å². The molecule has 0 fully saturated rings. The molecule has 0 aliphatic heterocycles. The molecule has 0 N–H and O–H groups in total. The number of hydrogen-bond acceptors (Lipinski definition) is 0. The minimum absolute atomic E-state index is 0. The number of unbranched alkanes of at least 4 members (excludes halogenated alkanes) is 1. The van der Waals surface area contributed by atoms with Crippen molar-refractivity contribution in [2.45, 2.75) is 74.1 Å². The van der Waals surface area contributed by atoms with Crippen LogP contribution < -0.4 is 0 Å². The Morgan fingerprint density at radius 1 is 0.760 bits per heavy atom. The third kappa shape index (κ3) is 40.3. The molecule has 0 unspecified atom stereocenters. The van der Waals surface area contributed by atoms with E-state index in [4.69, 9.17) is 0 Å². The van der Waals surface area contributed by atoms with Crippen LogP contribution in [0.25, 0.3) is 16.0 Å². The van der Waals surface area contributed by atoms with E-state index in [1.807, 2.05) is 41.5 Å². The zero-order valence-corrected chi connectivity index (χ0v) is 20.5. The van der Waals surface area contributed by atoms with Crippen LogP contribution in [0.5, 0.6) is 0 Å². The zero-order chi connectivity index (χ0) is 18.9. The number of rotatable bonds is 9. The van der Waals surface area contributed by atoms with Crippen LogP contribution in [0.4, 0.5) is 0 Å². The Labute approximate surface area is 179 Å². The molecule has 1 aliphatic carbocycles. The van der Waals surface area contributed by atoms with E-state index in [9.17, 15) is 0 Å². The van der Waals surface area contributed by atoms with Gasteiger partial charge in [0.2, 0.25) is 0 Å². The van der Waals surface area contributed by atoms with Crippen molar-refractivity contribution < 1.29 is 26.2 Å². The maximum atomic E-state index is 3.97. The third-order valence-electron chi connectivity index (χ3n) is 2.91. The van der Waals surface area contributed by atoms with Crippen LogP contribution >= 0.6 is 0 Å². The van der Waals surface area contributed by atoms with Gasteiger partial charge in [-0.05, 0) is 0 Å². The fourth-order valence-electron chi connectivity index (χ4n) is 1.66. The molecule has 0 saturated carbocycles. The Morgan fingerprint density at radius 2 is 1.16 bits per heavy atom. The summed E-state index contributed by atoms with van der Waals surface area (Å²) in [6.07, 6.45) is 12.5. The minimum Gasteiger partial charge on any atom is -0.663 e. The molecule has 0 aromatic carbocycles. The summed E-state index contributed by atoms with van der Waals surface area (Å²) in [4.78, 5) is 0. The summed E-state index contributed by atoms with van der Waals surface area (Å²) < 4.78 is 0. The van der Waals surface area contributed by atoms with Gasteiger partial charge in [-0.15, -0.1) is 6.42 Å². The first kappa shape index (κ1) is 32.9. The molecular formula is C21H43N3Zr. The van der Waals surface area contributed by atoms with E-state index < -0.39 is 0 Å². The van der Waals surface area contributed by atoms with Crippen LogP contribution in [0, 0.1) is 6.08 Å². The van der Waals surface area contributed by atoms with E-state index in [1.54, 1.807) is 0 Å². The van der Waals surface area contributed by atoms with Crippen molar-refractivity contribution >= 4 is 0 Å².